The van der Waals surface area contributed by atoms with Crippen molar-refractivity contribution in [2.75, 3.05) is 6.54 Å². The fraction of sp³-hybridized carbons (Fsp3) is 0.667. The number of nitrogens with zero attached hydrogens (tertiary/aromatic N) is 2. The zero-order valence-electron chi connectivity index (χ0n) is 8.41. The molecule has 0 spiro atoms. The molecular weight excluding hydrogens is 166 g/mol. The van der Waals surface area contributed by atoms with Crippen LogP contribution >= 0.6 is 0 Å². The Morgan fingerprint density at radius 3 is 2.54 bits per heavy atom. The van der Waals surface area contributed by atoms with Crippen LogP contribution in [0.3, 0.4) is 0 Å². The Hall–Kier alpha value is -0.870. The predicted octanol–water partition coefficient (Wildman–Crippen LogP) is -0.101. The molecule has 1 rings (SSSR count). The van der Waals surface area contributed by atoms with E-state index in [0.29, 0.717) is 6.42 Å². The highest BCUT2D eigenvalue weighted by atomic mass is 16.3. The van der Waals surface area contributed by atoms with Gasteiger partial charge in [-0.2, -0.15) is 0 Å². The summed E-state index contributed by atoms with van der Waals surface area (Å²) in [6, 6.07) is 0. The molecule has 0 aliphatic rings. The molecule has 1 aromatic heterocycles. The number of aliphatic hydroxyl groups is 1. The minimum absolute atomic E-state index is 0.283. The molecule has 1 heterocycles. The molecule has 13 heavy (non-hydrogen) atoms. The first-order valence-electron chi connectivity index (χ1n) is 4.43. The highest BCUT2D eigenvalue weighted by Crippen LogP contribution is 2.09. The van der Waals surface area contributed by atoms with Crippen LogP contribution in [0.2, 0.25) is 0 Å². The van der Waals surface area contributed by atoms with Gasteiger partial charge in [-0.1, -0.05) is 0 Å². The van der Waals surface area contributed by atoms with E-state index in [2.05, 4.69) is 4.98 Å². The number of hydrogen-bond donors (Lipinski definition) is 2. The van der Waals surface area contributed by atoms with E-state index in [1.165, 1.54) is 0 Å². The summed E-state index contributed by atoms with van der Waals surface area (Å²) in [7, 11) is 1.95. The molecule has 0 aliphatic carbocycles. The van der Waals surface area contributed by atoms with Gasteiger partial charge in [0.15, 0.2) is 0 Å². The number of imidazole rings is 1. The van der Waals surface area contributed by atoms with Gasteiger partial charge < -0.3 is 15.4 Å². The Balaban J connectivity index is 2.83. The lowest BCUT2D eigenvalue weighted by Gasteiger charge is -2.07. The van der Waals surface area contributed by atoms with E-state index in [9.17, 15) is 5.11 Å². The van der Waals surface area contributed by atoms with Crippen LogP contribution in [0.4, 0.5) is 0 Å². The SMILES string of the molecule is Cc1nc(CC(O)CN)n(C)c1C. The molecule has 0 saturated carbocycles. The van der Waals surface area contributed by atoms with Crippen LogP contribution in [0.15, 0.2) is 0 Å². The zero-order valence-corrected chi connectivity index (χ0v) is 8.41. The summed E-state index contributed by atoms with van der Waals surface area (Å²) >= 11 is 0. The van der Waals surface area contributed by atoms with Crippen LogP contribution in [-0.2, 0) is 13.5 Å². The zero-order chi connectivity index (χ0) is 10.0. The smallest absolute Gasteiger partial charge is 0.111 e. The number of hydrogen-bond acceptors (Lipinski definition) is 3. The molecule has 4 heteroatoms. The maximum absolute atomic E-state index is 9.36. The lowest BCUT2D eigenvalue weighted by Crippen LogP contribution is -2.23. The van der Waals surface area contributed by atoms with E-state index in [0.717, 1.165) is 17.2 Å². The van der Waals surface area contributed by atoms with Crippen LogP contribution in [0.25, 0.3) is 0 Å². The molecular formula is C9H17N3O. The van der Waals surface area contributed by atoms with Crippen LogP contribution < -0.4 is 5.73 Å². The summed E-state index contributed by atoms with van der Waals surface area (Å²) in [6.45, 7) is 4.26. The Labute approximate surface area is 78.4 Å². The first-order valence-corrected chi connectivity index (χ1v) is 4.43. The van der Waals surface area contributed by atoms with Gasteiger partial charge in [0.1, 0.15) is 5.82 Å². The minimum atomic E-state index is -0.486. The van der Waals surface area contributed by atoms with E-state index in [4.69, 9.17) is 5.73 Å². The van der Waals surface area contributed by atoms with Crippen molar-refractivity contribution in [2.45, 2.75) is 26.4 Å². The van der Waals surface area contributed by atoms with Gasteiger partial charge in [0, 0.05) is 25.7 Å². The Morgan fingerprint density at radius 1 is 1.54 bits per heavy atom. The maximum atomic E-state index is 9.36. The summed E-state index contributed by atoms with van der Waals surface area (Å²) in [5.74, 6) is 0.896. The van der Waals surface area contributed by atoms with Gasteiger partial charge in [-0.3, -0.25) is 0 Å². The van der Waals surface area contributed by atoms with E-state index < -0.39 is 6.10 Å². The molecule has 0 radical (unpaired) electrons. The molecule has 3 N–H and O–H groups in total. The van der Waals surface area contributed by atoms with Crippen LogP contribution in [0.1, 0.15) is 17.2 Å². The van der Waals surface area contributed by atoms with Gasteiger partial charge in [-0.05, 0) is 13.8 Å². The summed E-state index contributed by atoms with van der Waals surface area (Å²) in [4.78, 5) is 4.35. The van der Waals surface area contributed by atoms with Crippen molar-refractivity contribution >= 4 is 0 Å². The van der Waals surface area contributed by atoms with E-state index in [-0.39, 0.29) is 6.54 Å². The van der Waals surface area contributed by atoms with Gasteiger partial charge in [0.05, 0.1) is 11.8 Å². The molecule has 1 atom stereocenters. The molecule has 0 aromatic carbocycles. The van der Waals surface area contributed by atoms with Crippen molar-refractivity contribution in [3.05, 3.63) is 17.2 Å². The van der Waals surface area contributed by atoms with Crippen molar-refractivity contribution in [1.82, 2.24) is 9.55 Å². The Morgan fingerprint density at radius 2 is 2.15 bits per heavy atom. The van der Waals surface area contributed by atoms with Crippen LogP contribution in [0.5, 0.6) is 0 Å². The Bertz CT molecular complexity index is 293. The Kier molecular flexibility index (Phi) is 3.06. The van der Waals surface area contributed by atoms with E-state index in [1.54, 1.807) is 0 Å². The van der Waals surface area contributed by atoms with Gasteiger partial charge >= 0.3 is 0 Å². The summed E-state index contributed by atoms with van der Waals surface area (Å²) < 4.78 is 1.99. The molecule has 0 aliphatic heterocycles. The standard InChI is InChI=1S/C9H17N3O/c1-6-7(2)12(3)9(11-6)4-8(13)5-10/h8,13H,4-5,10H2,1-3H3. The summed E-state index contributed by atoms with van der Waals surface area (Å²) in [5, 5.41) is 9.36. The van der Waals surface area contributed by atoms with Crippen molar-refractivity contribution in [2.24, 2.45) is 12.8 Å². The van der Waals surface area contributed by atoms with E-state index >= 15 is 0 Å². The molecule has 0 fully saturated rings. The van der Waals surface area contributed by atoms with Crippen LogP contribution in [-0.4, -0.2) is 27.3 Å². The second-order valence-electron chi connectivity index (χ2n) is 3.35. The molecule has 0 saturated heterocycles. The van der Waals surface area contributed by atoms with Crippen molar-refractivity contribution in [1.29, 1.82) is 0 Å². The van der Waals surface area contributed by atoms with Gasteiger partial charge in [-0.15, -0.1) is 0 Å². The molecule has 4 nitrogen and oxygen atoms in total. The summed E-state index contributed by atoms with van der Waals surface area (Å²) in [5.41, 5.74) is 7.48. The molecule has 1 unspecified atom stereocenters. The second-order valence-corrected chi connectivity index (χ2v) is 3.35. The highest BCUT2D eigenvalue weighted by Gasteiger charge is 2.11. The monoisotopic (exact) mass is 183 g/mol. The quantitative estimate of drug-likeness (QED) is 0.687. The molecule has 0 amide bonds. The van der Waals surface area contributed by atoms with Crippen molar-refractivity contribution < 1.29 is 5.11 Å². The number of aromatic nitrogens is 2. The second kappa shape index (κ2) is 3.89. The number of aryl methyl sites for hydroxylation is 1. The van der Waals surface area contributed by atoms with Crippen molar-refractivity contribution in [3.63, 3.8) is 0 Å². The average Bonchev–Trinajstić information content (AvgIpc) is 2.34. The third-order valence-corrected chi connectivity index (χ3v) is 2.40. The van der Waals surface area contributed by atoms with Gasteiger partial charge in [0.25, 0.3) is 0 Å². The summed E-state index contributed by atoms with van der Waals surface area (Å²) in [6.07, 6.45) is 0.0432. The molecule has 0 bridgehead atoms. The number of nitrogens with two attached hydrogens (primary N) is 1. The first kappa shape index (κ1) is 10.2. The fourth-order valence-corrected chi connectivity index (χ4v) is 1.26. The third kappa shape index (κ3) is 2.08. The third-order valence-electron chi connectivity index (χ3n) is 2.40. The largest absolute Gasteiger partial charge is 0.391 e. The number of aliphatic hydroxyl groups excluding tert-OH is 1. The van der Waals surface area contributed by atoms with Gasteiger partial charge in [0.2, 0.25) is 0 Å². The van der Waals surface area contributed by atoms with Crippen molar-refractivity contribution in [3.8, 4) is 0 Å². The maximum Gasteiger partial charge on any atom is 0.111 e. The normalized spacial score (nSPS) is 13.3. The molecule has 74 valence electrons. The first-order chi connectivity index (χ1) is 6.06. The van der Waals surface area contributed by atoms with Gasteiger partial charge in [-0.25, -0.2) is 4.98 Å². The highest BCUT2D eigenvalue weighted by molar-refractivity contribution is 5.14. The number of rotatable bonds is 3. The average molecular weight is 183 g/mol. The predicted molar refractivity (Wildman–Crippen MR) is 51.4 cm³/mol. The fourth-order valence-electron chi connectivity index (χ4n) is 1.26. The molecule has 1 aromatic rings. The lowest BCUT2D eigenvalue weighted by atomic mass is 10.2. The minimum Gasteiger partial charge on any atom is -0.391 e. The van der Waals surface area contributed by atoms with Crippen LogP contribution in [0, 0.1) is 13.8 Å². The van der Waals surface area contributed by atoms with E-state index in [1.807, 2.05) is 25.5 Å². The lowest BCUT2D eigenvalue weighted by molar-refractivity contribution is 0.180. The topological polar surface area (TPSA) is 64.1 Å².